The summed E-state index contributed by atoms with van der Waals surface area (Å²) in [4.78, 5) is 14.3. The maximum absolute atomic E-state index is 12.6. The van der Waals surface area contributed by atoms with Crippen molar-refractivity contribution in [3.8, 4) is 6.07 Å². The highest BCUT2D eigenvalue weighted by Crippen LogP contribution is 2.29. The summed E-state index contributed by atoms with van der Waals surface area (Å²) >= 11 is 0. The number of carbonyl (C=O) groups is 1. The number of benzene rings is 1. The number of nitrogens with one attached hydrogen (secondary N) is 2. The van der Waals surface area contributed by atoms with E-state index in [0.717, 1.165) is 24.7 Å². The van der Waals surface area contributed by atoms with Crippen molar-refractivity contribution in [3.05, 3.63) is 29.8 Å². The van der Waals surface area contributed by atoms with Crippen molar-refractivity contribution >= 4 is 21.6 Å². The highest BCUT2D eigenvalue weighted by Gasteiger charge is 2.37. The molecule has 1 amide bonds. The second-order valence-electron chi connectivity index (χ2n) is 6.71. The van der Waals surface area contributed by atoms with Crippen LogP contribution in [0, 0.1) is 11.3 Å². The second-order valence-corrected chi connectivity index (χ2v) is 8.46. The van der Waals surface area contributed by atoms with Crippen LogP contribution in [-0.2, 0) is 14.8 Å². The molecule has 0 bridgehead atoms. The molecule has 2 saturated heterocycles. The van der Waals surface area contributed by atoms with Crippen LogP contribution in [0.4, 0.5) is 5.69 Å². The summed E-state index contributed by atoms with van der Waals surface area (Å²) in [6, 6.07) is 8.90. The molecule has 8 heteroatoms. The van der Waals surface area contributed by atoms with Crippen molar-refractivity contribution in [1.82, 2.24) is 10.2 Å². The second kappa shape index (κ2) is 7.02. The van der Waals surface area contributed by atoms with Crippen LogP contribution in [0.5, 0.6) is 0 Å². The van der Waals surface area contributed by atoms with Gasteiger partial charge in [-0.25, -0.2) is 8.42 Å². The molecule has 0 spiro atoms. The highest BCUT2D eigenvalue weighted by molar-refractivity contribution is 7.92. The van der Waals surface area contributed by atoms with Crippen molar-refractivity contribution in [2.75, 3.05) is 24.1 Å². The van der Waals surface area contributed by atoms with Gasteiger partial charge in [0, 0.05) is 18.8 Å². The number of sulfonamides is 1. The first-order chi connectivity index (χ1) is 11.9. The molecule has 2 aliphatic heterocycles. The van der Waals surface area contributed by atoms with Gasteiger partial charge in [0.05, 0.1) is 18.4 Å². The number of rotatable bonds is 4. The van der Waals surface area contributed by atoms with Crippen molar-refractivity contribution in [2.24, 2.45) is 0 Å². The molecule has 0 unspecified atom stereocenters. The maximum Gasteiger partial charge on any atom is 0.240 e. The quantitative estimate of drug-likeness (QED) is 0.832. The molecule has 1 aromatic carbocycles. The summed E-state index contributed by atoms with van der Waals surface area (Å²) in [6.07, 6.45) is 3.44. The van der Waals surface area contributed by atoms with E-state index in [1.54, 1.807) is 17.0 Å². The Labute approximate surface area is 148 Å². The molecule has 0 radical (unpaired) electrons. The first-order valence-electron chi connectivity index (χ1n) is 8.38. The van der Waals surface area contributed by atoms with E-state index in [4.69, 9.17) is 5.26 Å². The maximum atomic E-state index is 12.6. The minimum atomic E-state index is -3.29. The molecule has 0 saturated carbocycles. The molecule has 25 heavy (non-hydrogen) atoms. The lowest BCUT2D eigenvalue weighted by Crippen LogP contribution is -2.45. The number of hydrogen-bond donors (Lipinski definition) is 2. The minimum Gasteiger partial charge on any atom is -0.325 e. The number of likely N-dealkylation sites (tertiary alicyclic amines) is 1. The number of carbonyl (C=O) groups excluding carboxylic acids is 1. The summed E-state index contributed by atoms with van der Waals surface area (Å²) in [5.74, 6) is 0.214. The number of amides is 1. The normalized spacial score (nSPS) is 26.4. The zero-order chi connectivity index (χ0) is 18.0. The fraction of sp³-hybridized carbons (Fsp3) is 0.529. The van der Waals surface area contributed by atoms with E-state index >= 15 is 0 Å². The zero-order valence-electron chi connectivity index (χ0n) is 14.1. The summed E-state index contributed by atoms with van der Waals surface area (Å²) < 4.78 is 24.9. The summed E-state index contributed by atoms with van der Waals surface area (Å²) in [5.41, 5.74) is 1.60. The number of hydrogen-bond acceptors (Lipinski definition) is 5. The van der Waals surface area contributed by atoms with Gasteiger partial charge in [-0.3, -0.25) is 9.52 Å². The third-order valence-corrected chi connectivity index (χ3v) is 5.41. The van der Waals surface area contributed by atoms with Gasteiger partial charge in [-0.05, 0) is 42.9 Å². The van der Waals surface area contributed by atoms with Crippen LogP contribution in [0.25, 0.3) is 0 Å². The van der Waals surface area contributed by atoms with Crippen LogP contribution in [0.3, 0.4) is 0 Å². The molecular formula is C17H22N4O3S. The largest absolute Gasteiger partial charge is 0.325 e. The Morgan fingerprint density at radius 1 is 1.36 bits per heavy atom. The first kappa shape index (κ1) is 17.7. The van der Waals surface area contributed by atoms with Gasteiger partial charge < -0.3 is 10.2 Å². The third kappa shape index (κ3) is 4.11. The molecule has 2 fully saturated rings. The van der Waals surface area contributed by atoms with Crippen LogP contribution < -0.4 is 10.0 Å². The van der Waals surface area contributed by atoms with Gasteiger partial charge in [-0.2, -0.15) is 5.26 Å². The van der Waals surface area contributed by atoms with Crippen LogP contribution in [-0.4, -0.2) is 50.7 Å². The van der Waals surface area contributed by atoms with Crippen LogP contribution >= 0.6 is 0 Å². The highest BCUT2D eigenvalue weighted by atomic mass is 32.2. The molecule has 2 aliphatic rings. The van der Waals surface area contributed by atoms with E-state index in [1.807, 2.05) is 12.1 Å². The number of nitrogens with zero attached hydrogens (tertiary/aromatic N) is 2. The molecule has 3 atom stereocenters. The van der Waals surface area contributed by atoms with E-state index in [-0.39, 0.29) is 23.9 Å². The summed E-state index contributed by atoms with van der Waals surface area (Å²) in [5, 5.41) is 12.4. The predicted octanol–water partition coefficient (Wildman–Crippen LogP) is 1.02. The van der Waals surface area contributed by atoms with E-state index in [9.17, 15) is 13.2 Å². The Hall–Kier alpha value is -2.11. The molecule has 7 nitrogen and oxygen atoms in total. The van der Waals surface area contributed by atoms with Crippen molar-refractivity contribution in [1.29, 1.82) is 5.26 Å². The average Bonchev–Trinajstić information content (AvgIpc) is 3.22. The van der Waals surface area contributed by atoms with E-state index in [2.05, 4.69) is 16.1 Å². The Bertz CT molecular complexity index is 785. The Balaban J connectivity index is 1.63. The zero-order valence-corrected chi connectivity index (χ0v) is 14.9. The van der Waals surface area contributed by atoms with Gasteiger partial charge in [0.15, 0.2) is 0 Å². The number of anilines is 1. The van der Waals surface area contributed by atoms with E-state index in [1.165, 1.54) is 0 Å². The lowest BCUT2D eigenvalue weighted by atomic mass is 9.95. The van der Waals surface area contributed by atoms with Gasteiger partial charge in [-0.1, -0.05) is 12.1 Å². The fourth-order valence-corrected chi connectivity index (χ4v) is 4.14. The average molecular weight is 362 g/mol. The topological polar surface area (TPSA) is 102 Å². The molecule has 2 heterocycles. The molecule has 1 aromatic rings. The molecule has 3 rings (SSSR count). The van der Waals surface area contributed by atoms with Gasteiger partial charge in [-0.15, -0.1) is 0 Å². The summed E-state index contributed by atoms with van der Waals surface area (Å²) in [7, 11) is -3.29. The van der Waals surface area contributed by atoms with Gasteiger partial charge in [0.25, 0.3) is 0 Å². The fourth-order valence-electron chi connectivity index (χ4n) is 3.58. The van der Waals surface area contributed by atoms with Crippen LogP contribution in [0.1, 0.15) is 30.7 Å². The van der Waals surface area contributed by atoms with Gasteiger partial charge in [0.1, 0.15) is 6.04 Å². The minimum absolute atomic E-state index is 0.0157. The van der Waals surface area contributed by atoms with E-state index in [0.29, 0.717) is 25.2 Å². The lowest BCUT2D eigenvalue weighted by molar-refractivity contribution is -0.133. The Morgan fingerprint density at radius 2 is 2.08 bits per heavy atom. The smallest absolute Gasteiger partial charge is 0.240 e. The van der Waals surface area contributed by atoms with Crippen molar-refractivity contribution in [2.45, 2.75) is 37.3 Å². The number of nitriles is 1. The van der Waals surface area contributed by atoms with Crippen LogP contribution in [0.15, 0.2) is 24.3 Å². The van der Waals surface area contributed by atoms with Crippen molar-refractivity contribution < 1.29 is 13.2 Å². The Morgan fingerprint density at radius 3 is 2.72 bits per heavy atom. The molecule has 0 aliphatic carbocycles. The molecule has 0 aromatic heterocycles. The summed E-state index contributed by atoms with van der Waals surface area (Å²) in [6.45, 7) is 1.35. The third-order valence-electron chi connectivity index (χ3n) is 4.80. The SMILES string of the molecule is CS(=O)(=O)Nc1ccc([C@@H]2CN[C@H](C(=O)N3CCC[C@H]3C#N)C2)cc1. The van der Waals surface area contributed by atoms with Gasteiger partial charge in [0.2, 0.25) is 15.9 Å². The van der Waals surface area contributed by atoms with Crippen molar-refractivity contribution in [3.63, 3.8) is 0 Å². The molecule has 134 valence electrons. The molecular weight excluding hydrogens is 340 g/mol. The first-order valence-corrected chi connectivity index (χ1v) is 10.3. The predicted molar refractivity (Wildman–Crippen MR) is 94.4 cm³/mol. The van der Waals surface area contributed by atoms with Gasteiger partial charge >= 0.3 is 0 Å². The lowest BCUT2D eigenvalue weighted by Gasteiger charge is -2.23. The standard InChI is InChI=1S/C17H22N4O3S/c1-25(23,24)20-14-6-4-12(5-7-14)13-9-16(19-11-13)17(22)21-8-2-3-15(21)10-18/h4-7,13,15-16,19-20H,2-3,8-9,11H2,1H3/t13-,15-,16-/m0/s1. The monoisotopic (exact) mass is 362 g/mol. The Kier molecular flexibility index (Phi) is 4.97. The molecule has 2 N–H and O–H groups in total. The van der Waals surface area contributed by atoms with E-state index < -0.39 is 10.0 Å². The van der Waals surface area contributed by atoms with Crippen LogP contribution in [0.2, 0.25) is 0 Å².